The largest absolute Gasteiger partial charge is 0.349 e. The number of amides is 1. The lowest BCUT2D eigenvalue weighted by molar-refractivity contribution is -0.129. The fourth-order valence-electron chi connectivity index (χ4n) is 1.88. The lowest BCUT2D eigenvalue weighted by atomic mass is 10.00. The van der Waals surface area contributed by atoms with E-state index in [-0.39, 0.29) is 11.8 Å². The Labute approximate surface area is 91.2 Å². The number of piperidine rings is 1. The van der Waals surface area contributed by atoms with E-state index in [4.69, 9.17) is 0 Å². The first-order chi connectivity index (χ1) is 7.13. The number of hydrogen-bond acceptors (Lipinski definition) is 3. The van der Waals surface area contributed by atoms with Crippen LogP contribution >= 0.6 is 0 Å². The van der Waals surface area contributed by atoms with Crippen molar-refractivity contribution in [3.8, 4) is 0 Å². The van der Waals surface area contributed by atoms with Crippen molar-refractivity contribution in [1.82, 2.24) is 9.80 Å². The van der Waals surface area contributed by atoms with Gasteiger partial charge in [-0.05, 0) is 19.4 Å². The van der Waals surface area contributed by atoms with E-state index in [0.29, 0.717) is 6.42 Å². The molecule has 1 aliphatic rings. The highest BCUT2D eigenvalue weighted by molar-refractivity contribution is 5.75. The summed E-state index contributed by atoms with van der Waals surface area (Å²) in [4.78, 5) is 25.8. The molecule has 1 rings (SSSR count). The number of likely N-dealkylation sites (tertiary alicyclic amines) is 1. The van der Waals surface area contributed by atoms with E-state index in [9.17, 15) is 9.59 Å². The van der Waals surface area contributed by atoms with E-state index in [1.165, 1.54) is 0 Å². The molecule has 1 fully saturated rings. The Bertz CT molecular complexity index is 229. The van der Waals surface area contributed by atoms with Crippen LogP contribution in [0.2, 0.25) is 0 Å². The highest BCUT2D eigenvalue weighted by atomic mass is 16.2. The SMILES string of the molecule is CN(C)C(=O)CCN1CCCC(C=O)C1. The van der Waals surface area contributed by atoms with Gasteiger partial charge in [0.05, 0.1) is 0 Å². The first-order valence-electron chi connectivity index (χ1n) is 5.51. The third-order valence-electron chi connectivity index (χ3n) is 2.88. The van der Waals surface area contributed by atoms with Gasteiger partial charge in [-0.1, -0.05) is 0 Å². The number of hydrogen-bond donors (Lipinski definition) is 0. The van der Waals surface area contributed by atoms with Crippen LogP contribution in [0.3, 0.4) is 0 Å². The second kappa shape index (κ2) is 5.85. The minimum atomic E-state index is 0.156. The zero-order valence-electron chi connectivity index (χ0n) is 9.61. The van der Waals surface area contributed by atoms with Crippen LogP contribution in [0.1, 0.15) is 19.3 Å². The van der Waals surface area contributed by atoms with Gasteiger partial charge in [0, 0.05) is 39.5 Å². The zero-order valence-corrected chi connectivity index (χ0v) is 9.61. The number of carbonyl (C=O) groups excluding carboxylic acids is 2. The summed E-state index contributed by atoms with van der Waals surface area (Å²) in [6.07, 6.45) is 3.67. The fourth-order valence-corrected chi connectivity index (χ4v) is 1.88. The third-order valence-corrected chi connectivity index (χ3v) is 2.88. The molecule has 86 valence electrons. The molecule has 1 amide bonds. The van der Waals surface area contributed by atoms with Gasteiger partial charge in [0.25, 0.3) is 0 Å². The number of nitrogens with zero attached hydrogens (tertiary/aromatic N) is 2. The summed E-state index contributed by atoms with van der Waals surface area (Å²) in [5, 5.41) is 0. The first kappa shape index (κ1) is 12.2. The molecule has 1 saturated heterocycles. The quantitative estimate of drug-likeness (QED) is 0.632. The van der Waals surface area contributed by atoms with Crippen molar-refractivity contribution in [2.75, 3.05) is 33.7 Å². The highest BCUT2D eigenvalue weighted by Gasteiger charge is 2.19. The van der Waals surface area contributed by atoms with E-state index in [1.807, 2.05) is 0 Å². The Morgan fingerprint density at radius 2 is 2.27 bits per heavy atom. The molecular weight excluding hydrogens is 192 g/mol. The van der Waals surface area contributed by atoms with Gasteiger partial charge in [0.15, 0.2) is 0 Å². The van der Waals surface area contributed by atoms with Crippen LogP contribution in [0.5, 0.6) is 0 Å². The smallest absolute Gasteiger partial charge is 0.223 e. The fraction of sp³-hybridized carbons (Fsp3) is 0.818. The maximum Gasteiger partial charge on any atom is 0.223 e. The summed E-state index contributed by atoms with van der Waals surface area (Å²) < 4.78 is 0. The van der Waals surface area contributed by atoms with Crippen LogP contribution in [0.25, 0.3) is 0 Å². The van der Waals surface area contributed by atoms with Gasteiger partial charge < -0.3 is 14.6 Å². The van der Waals surface area contributed by atoms with Crippen LogP contribution < -0.4 is 0 Å². The molecular formula is C11H20N2O2. The topological polar surface area (TPSA) is 40.6 Å². The van der Waals surface area contributed by atoms with Crippen molar-refractivity contribution in [2.24, 2.45) is 5.92 Å². The van der Waals surface area contributed by atoms with Crippen molar-refractivity contribution in [2.45, 2.75) is 19.3 Å². The molecule has 0 aromatic carbocycles. The predicted molar refractivity (Wildman–Crippen MR) is 58.5 cm³/mol. The molecule has 0 aliphatic carbocycles. The molecule has 4 nitrogen and oxygen atoms in total. The number of carbonyl (C=O) groups is 2. The Kier molecular flexibility index (Phi) is 4.75. The van der Waals surface area contributed by atoms with Crippen LogP contribution in [0.4, 0.5) is 0 Å². The minimum Gasteiger partial charge on any atom is -0.349 e. The normalized spacial score (nSPS) is 22.4. The van der Waals surface area contributed by atoms with Gasteiger partial charge in [-0.3, -0.25) is 4.79 Å². The van der Waals surface area contributed by atoms with Crippen molar-refractivity contribution >= 4 is 12.2 Å². The molecule has 0 bridgehead atoms. The van der Waals surface area contributed by atoms with Gasteiger partial charge in [-0.2, -0.15) is 0 Å². The average Bonchev–Trinajstić information content (AvgIpc) is 2.26. The zero-order chi connectivity index (χ0) is 11.3. The standard InChI is InChI=1S/C11H20N2O2/c1-12(2)11(15)5-7-13-6-3-4-10(8-13)9-14/h9-10H,3-8H2,1-2H3. The Balaban J connectivity index is 2.26. The molecule has 0 aromatic rings. The van der Waals surface area contributed by atoms with Crippen molar-refractivity contribution in [3.05, 3.63) is 0 Å². The van der Waals surface area contributed by atoms with Crippen LogP contribution in [-0.4, -0.2) is 55.7 Å². The third kappa shape index (κ3) is 4.00. The van der Waals surface area contributed by atoms with Gasteiger partial charge >= 0.3 is 0 Å². The predicted octanol–water partition coefficient (Wildman–Crippen LogP) is 0.376. The van der Waals surface area contributed by atoms with E-state index in [0.717, 1.165) is 38.8 Å². The average molecular weight is 212 g/mol. The highest BCUT2D eigenvalue weighted by Crippen LogP contribution is 2.14. The molecule has 1 heterocycles. The maximum atomic E-state index is 11.4. The van der Waals surface area contributed by atoms with Crippen molar-refractivity contribution in [3.63, 3.8) is 0 Å². The summed E-state index contributed by atoms with van der Waals surface area (Å²) in [5.74, 6) is 0.330. The molecule has 0 spiro atoms. The van der Waals surface area contributed by atoms with Gasteiger partial charge in [0.1, 0.15) is 6.29 Å². The van der Waals surface area contributed by atoms with Gasteiger partial charge in [-0.25, -0.2) is 0 Å². The van der Waals surface area contributed by atoms with Gasteiger partial charge in [0.2, 0.25) is 5.91 Å². The first-order valence-corrected chi connectivity index (χ1v) is 5.51. The molecule has 0 aromatic heterocycles. The molecule has 0 saturated carbocycles. The second-order valence-corrected chi connectivity index (χ2v) is 4.38. The lowest BCUT2D eigenvalue weighted by Gasteiger charge is -2.30. The van der Waals surface area contributed by atoms with Crippen LogP contribution in [0, 0.1) is 5.92 Å². The second-order valence-electron chi connectivity index (χ2n) is 4.38. The lowest BCUT2D eigenvalue weighted by Crippen LogP contribution is -2.38. The maximum absolute atomic E-state index is 11.4. The van der Waals surface area contributed by atoms with E-state index < -0.39 is 0 Å². The molecule has 15 heavy (non-hydrogen) atoms. The van der Waals surface area contributed by atoms with Crippen molar-refractivity contribution < 1.29 is 9.59 Å². The number of rotatable bonds is 4. The molecule has 1 aliphatic heterocycles. The molecule has 0 N–H and O–H groups in total. The molecule has 1 unspecified atom stereocenters. The molecule has 0 radical (unpaired) electrons. The van der Waals surface area contributed by atoms with E-state index in [2.05, 4.69) is 4.90 Å². The van der Waals surface area contributed by atoms with Crippen LogP contribution in [0.15, 0.2) is 0 Å². The van der Waals surface area contributed by atoms with E-state index >= 15 is 0 Å². The monoisotopic (exact) mass is 212 g/mol. The van der Waals surface area contributed by atoms with Crippen LogP contribution in [-0.2, 0) is 9.59 Å². The Hall–Kier alpha value is -0.900. The van der Waals surface area contributed by atoms with E-state index in [1.54, 1.807) is 19.0 Å². The summed E-state index contributed by atoms with van der Waals surface area (Å²) in [5.41, 5.74) is 0. The Morgan fingerprint density at radius 3 is 2.87 bits per heavy atom. The minimum absolute atomic E-state index is 0.156. The Morgan fingerprint density at radius 1 is 1.53 bits per heavy atom. The van der Waals surface area contributed by atoms with Gasteiger partial charge in [-0.15, -0.1) is 0 Å². The number of aldehydes is 1. The summed E-state index contributed by atoms with van der Waals surface area (Å²) in [7, 11) is 3.54. The molecule has 1 atom stereocenters. The summed E-state index contributed by atoms with van der Waals surface area (Å²) in [6.45, 7) is 2.62. The summed E-state index contributed by atoms with van der Waals surface area (Å²) >= 11 is 0. The summed E-state index contributed by atoms with van der Waals surface area (Å²) in [6, 6.07) is 0. The van der Waals surface area contributed by atoms with Crippen molar-refractivity contribution in [1.29, 1.82) is 0 Å². The molecule has 4 heteroatoms.